The lowest BCUT2D eigenvalue weighted by atomic mass is 10.3. The number of ether oxygens (including phenoxy) is 1. The predicted octanol–water partition coefficient (Wildman–Crippen LogP) is 3.51. The van der Waals surface area contributed by atoms with Crippen LogP contribution in [0, 0.1) is 11.3 Å². The highest BCUT2D eigenvalue weighted by molar-refractivity contribution is 6.38. The first kappa shape index (κ1) is 18.3. The van der Waals surface area contributed by atoms with Gasteiger partial charge in [0.05, 0.1) is 12.4 Å². The smallest absolute Gasteiger partial charge is 0.406 e. The van der Waals surface area contributed by atoms with Crippen molar-refractivity contribution in [3.8, 4) is 11.8 Å². The normalized spacial score (nSPS) is 19.8. The molecule has 1 aromatic heterocycles. The quantitative estimate of drug-likeness (QED) is 0.801. The molecule has 1 unspecified atom stereocenters. The first-order valence-electron chi connectivity index (χ1n) is 8.17. The number of halogens is 3. The molecule has 29 heavy (non-hydrogen) atoms. The van der Waals surface area contributed by atoms with Gasteiger partial charge in [-0.05, 0) is 35.4 Å². The van der Waals surface area contributed by atoms with Crippen LogP contribution in [0.4, 0.5) is 24.5 Å². The van der Waals surface area contributed by atoms with E-state index in [0.29, 0.717) is 17.2 Å². The minimum atomic E-state index is -4.75. The number of alkyl halides is 3. The molecule has 1 aromatic carbocycles. The Morgan fingerprint density at radius 1 is 1.10 bits per heavy atom. The monoisotopic (exact) mass is 398 g/mol. The third kappa shape index (κ3) is 3.69. The Bertz CT molecular complexity index is 1100. The molecule has 3 heterocycles. The Balaban J connectivity index is 1.60. The largest absolute Gasteiger partial charge is 0.573 e. The molecular formula is C18H11F3N7O+. The molecule has 0 saturated carbocycles. The van der Waals surface area contributed by atoms with Crippen LogP contribution < -0.4 is 14.6 Å². The molecule has 0 spiro atoms. The van der Waals surface area contributed by atoms with Crippen molar-refractivity contribution >= 4 is 29.4 Å². The lowest BCUT2D eigenvalue weighted by molar-refractivity contribution is -0.274. The number of nitrogens with one attached hydrogen (secondary N) is 1. The van der Waals surface area contributed by atoms with Crippen molar-refractivity contribution in [2.24, 2.45) is 15.1 Å². The summed E-state index contributed by atoms with van der Waals surface area (Å²) in [6.07, 6.45) is 1.56. The summed E-state index contributed by atoms with van der Waals surface area (Å²) >= 11 is 0. The van der Waals surface area contributed by atoms with E-state index >= 15 is 0 Å². The average Bonchev–Trinajstić information content (AvgIpc) is 3.07. The maximum atomic E-state index is 12.3. The van der Waals surface area contributed by atoms with E-state index in [-0.39, 0.29) is 22.0 Å². The number of quaternary nitrogens is 1. The molecule has 144 valence electrons. The number of hydrogen-bond acceptors (Lipinski definition) is 7. The molecule has 1 N–H and O–H groups in total. The summed E-state index contributed by atoms with van der Waals surface area (Å²) in [6, 6.07) is 10.4. The van der Waals surface area contributed by atoms with E-state index in [1.807, 2.05) is 6.07 Å². The molecule has 0 bridgehead atoms. The number of nitriles is 1. The van der Waals surface area contributed by atoms with Gasteiger partial charge in [0.1, 0.15) is 23.7 Å². The molecule has 0 saturated heterocycles. The van der Waals surface area contributed by atoms with E-state index in [9.17, 15) is 13.2 Å². The SMILES string of the molecule is N#Cc1ccc([N+]23C=CN=CC2=NC(Nc2ccc(OC(F)(F)F)cc2)=N3)cn1. The molecule has 11 heteroatoms. The molecule has 4 rings (SSSR count). The van der Waals surface area contributed by atoms with Crippen LogP contribution in [0.3, 0.4) is 0 Å². The molecule has 0 amide bonds. The molecule has 0 radical (unpaired) electrons. The number of nitrogens with zero attached hydrogens (tertiary/aromatic N) is 6. The number of rotatable bonds is 3. The van der Waals surface area contributed by atoms with Gasteiger partial charge in [0.25, 0.3) is 11.8 Å². The summed E-state index contributed by atoms with van der Waals surface area (Å²) in [7, 11) is 0. The van der Waals surface area contributed by atoms with Crippen LogP contribution in [0.15, 0.2) is 70.1 Å². The first-order chi connectivity index (χ1) is 13.9. The van der Waals surface area contributed by atoms with Gasteiger partial charge in [-0.25, -0.2) is 4.98 Å². The lowest BCUT2D eigenvalue weighted by Gasteiger charge is -2.23. The highest BCUT2D eigenvalue weighted by Crippen LogP contribution is 2.31. The second kappa shape index (κ2) is 6.84. The molecule has 0 aliphatic carbocycles. The molecule has 2 aliphatic heterocycles. The fourth-order valence-corrected chi connectivity index (χ4v) is 2.73. The number of benzene rings is 1. The molecule has 1 atom stereocenters. The number of fused-ring (bicyclic) bond motifs is 1. The van der Waals surface area contributed by atoms with Crippen LogP contribution in [0.5, 0.6) is 5.75 Å². The zero-order valence-electron chi connectivity index (χ0n) is 14.5. The zero-order valence-corrected chi connectivity index (χ0v) is 14.5. The number of pyridine rings is 1. The lowest BCUT2D eigenvalue weighted by Crippen LogP contribution is -2.44. The Hall–Kier alpha value is -4.04. The van der Waals surface area contributed by atoms with E-state index in [0.717, 1.165) is 0 Å². The molecule has 8 nitrogen and oxygen atoms in total. The highest BCUT2D eigenvalue weighted by Gasteiger charge is 2.43. The van der Waals surface area contributed by atoms with Crippen LogP contribution >= 0.6 is 0 Å². The van der Waals surface area contributed by atoms with Gasteiger partial charge < -0.3 is 10.1 Å². The van der Waals surface area contributed by atoms with Crippen molar-refractivity contribution in [3.05, 3.63) is 60.7 Å². The third-order valence-corrected chi connectivity index (χ3v) is 3.98. The van der Waals surface area contributed by atoms with Gasteiger partial charge in [-0.2, -0.15) is 10.3 Å². The number of aliphatic imine (C=N–C) groups is 2. The van der Waals surface area contributed by atoms with Crippen molar-refractivity contribution in [1.82, 2.24) is 9.58 Å². The Morgan fingerprint density at radius 2 is 1.90 bits per heavy atom. The number of hydrogen-bond donors (Lipinski definition) is 1. The minimum absolute atomic E-state index is 0.139. The topological polar surface area (TPSA) is 95.0 Å². The zero-order chi connectivity index (χ0) is 20.5. The van der Waals surface area contributed by atoms with Crippen LogP contribution in [0.1, 0.15) is 5.69 Å². The molecule has 2 aliphatic rings. The predicted molar refractivity (Wildman–Crippen MR) is 100.0 cm³/mol. The standard InChI is InChI=1S/C18H11F3N7O/c19-18(20,21)29-15-5-2-12(3-6-15)25-17-26-16-11-23-7-8-28(16,27-17)14-4-1-13(9-22)24-10-14/h1-8,10-11H,(H,25,27)/q+1. The third-order valence-electron chi connectivity index (χ3n) is 3.98. The van der Waals surface area contributed by atoms with Gasteiger partial charge in [-0.1, -0.05) is 4.59 Å². The number of anilines is 1. The van der Waals surface area contributed by atoms with Gasteiger partial charge in [-0.15, -0.1) is 13.2 Å². The van der Waals surface area contributed by atoms with Gasteiger partial charge in [0, 0.05) is 11.8 Å². The molecule has 2 aromatic rings. The molecular weight excluding hydrogens is 387 g/mol. The Labute approximate surface area is 162 Å². The second-order valence-corrected chi connectivity index (χ2v) is 5.87. The summed E-state index contributed by atoms with van der Waals surface area (Å²) < 4.78 is 40.5. The van der Waals surface area contributed by atoms with Gasteiger partial charge >= 0.3 is 6.36 Å². The van der Waals surface area contributed by atoms with Crippen molar-refractivity contribution in [3.63, 3.8) is 0 Å². The fraction of sp³-hybridized carbons (Fsp3) is 0.0556. The summed E-state index contributed by atoms with van der Waals surface area (Å²) in [5.74, 6) is 0.382. The molecule has 0 fully saturated rings. The van der Waals surface area contributed by atoms with Crippen LogP contribution in [0.25, 0.3) is 0 Å². The second-order valence-electron chi connectivity index (χ2n) is 5.87. The van der Waals surface area contributed by atoms with Crippen LogP contribution in [-0.4, -0.2) is 29.4 Å². The number of aromatic nitrogens is 1. The van der Waals surface area contributed by atoms with E-state index < -0.39 is 6.36 Å². The Morgan fingerprint density at radius 3 is 2.55 bits per heavy atom. The maximum Gasteiger partial charge on any atom is 0.573 e. The van der Waals surface area contributed by atoms with Crippen LogP contribution in [-0.2, 0) is 0 Å². The number of amidine groups is 1. The van der Waals surface area contributed by atoms with Crippen molar-refractivity contribution in [1.29, 1.82) is 5.26 Å². The minimum Gasteiger partial charge on any atom is -0.406 e. The van der Waals surface area contributed by atoms with Crippen LogP contribution in [0.2, 0.25) is 0 Å². The van der Waals surface area contributed by atoms with Gasteiger partial charge in [-0.3, -0.25) is 4.99 Å². The fourth-order valence-electron chi connectivity index (χ4n) is 2.73. The maximum absolute atomic E-state index is 12.3. The van der Waals surface area contributed by atoms with Gasteiger partial charge in [0.15, 0.2) is 11.9 Å². The number of guanidine groups is 1. The summed E-state index contributed by atoms with van der Waals surface area (Å²) in [5, 5.41) is 16.4. The van der Waals surface area contributed by atoms with E-state index in [1.54, 1.807) is 24.5 Å². The van der Waals surface area contributed by atoms with Crippen molar-refractivity contribution in [2.75, 3.05) is 5.32 Å². The summed E-state index contributed by atoms with van der Waals surface area (Å²) in [6.45, 7) is 0. The van der Waals surface area contributed by atoms with E-state index in [2.05, 4.69) is 30.1 Å². The first-order valence-corrected chi connectivity index (χ1v) is 8.17. The average molecular weight is 398 g/mol. The van der Waals surface area contributed by atoms with Crippen molar-refractivity contribution in [2.45, 2.75) is 6.36 Å². The highest BCUT2D eigenvalue weighted by atomic mass is 19.4. The summed E-state index contributed by atoms with van der Waals surface area (Å²) in [4.78, 5) is 12.5. The van der Waals surface area contributed by atoms with Crippen molar-refractivity contribution < 1.29 is 17.9 Å². The van der Waals surface area contributed by atoms with E-state index in [1.165, 1.54) is 36.7 Å². The van der Waals surface area contributed by atoms with Gasteiger partial charge in [0.2, 0.25) is 0 Å². The summed E-state index contributed by atoms with van der Waals surface area (Å²) in [5.41, 5.74) is 1.37. The van der Waals surface area contributed by atoms with E-state index in [4.69, 9.17) is 5.26 Å². The Kier molecular flexibility index (Phi) is 4.33.